The maximum Gasteiger partial charge on any atom is 0.407 e. The first-order valence-electron chi connectivity index (χ1n) is 10.2. The van der Waals surface area contributed by atoms with E-state index in [1.165, 1.54) is 0 Å². The highest BCUT2D eigenvalue weighted by Gasteiger charge is 2.23. The van der Waals surface area contributed by atoms with Crippen LogP contribution in [0.4, 0.5) is 9.59 Å². The fourth-order valence-corrected chi connectivity index (χ4v) is 2.52. The van der Waals surface area contributed by atoms with Crippen LogP contribution in [0.2, 0.25) is 0 Å². The molecule has 0 saturated carbocycles. The molecule has 0 aliphatic heterocycles. The molecule has 0 saturated heterocycles. The lowest BCUT2D eigenvalue weighted by Crippen LogP contribution is -2.49. The Kier molecular flexibility index (Phi) is 10.1. The van der Waals surface area contributed by atoms with Crippen molar-refractivity contribution >= 4 is 12.2 Å². The smallest absolute Gasteiger partial charge is 0.407 e. The molecule has 0 aliphatic rings. The van der Waals surface area contributed by atoms with Crippen molar-refractivity contribution in [2.75, 3.05) is 13.2 Å². The number of amides is 2. The second-order valence-electron chi connectivity index (χ2n) is 9.22. The first-order chi connectivity index (χ1) is 13.8. The van der Waals surface area contributed by atoms with Crippen molar-refractivity contribution in [1.29, 1.82) is 0 Å². The molecule has 0 heterocycles. The molecule has 8 nitrogen and oxygen atoms in total. The highest BCUT2D eigenvalue weighted by Crippen LogP contribution is 2.09. The van der Waals surface area contributed by atoms with Crippen LogP contribution in [-0.2, 0) is 20.8 Å². The second kappa shape index (κ2) is 11.8. The van der Waals surface area contributed by atoms with Crippen LogP contribution in [0.15, 0.2) is 30.3 Å². The molecule has 0 radical (unpaired) electrons. The van der Waals surface area contributed by atoms with E-state index in [1.54, 1.807) is 41.5 Å². The lowest BCUT2D eigenvalue weighted by Gasteiger charge is -2.26. The molecular weight excluding hydrogens is 386 g/mol. The molecule has 1 rings (SSSR count). The average molecular weight is 424 g/mol. The summed E-state index contributed by atoms with van der Waals surface area (Å²) in [5.41, 5.74) is 6.00. The normalized spacial score (nSPS) is 13.8. The van der Waals surface area contributed by atoms with Gasteiger partial charge in [-0.2, -0.15) is 0 Å². The predicted octanol–water partition coefficient (Wildman–Crippen LogP) is 3.34. The number of hydrogen-bond donors (Lipinski definition) is 3. The molecule has 0 bridgehead atoms. The Labute approximate surface area is 179 Å². The van der Waals surface area contributed by atoms with Gasteiger partial charge in [0.25, 0.3) is 0 Å². The summed E-state index contributed by atoms with van der Waals surface area (Å²) in [6.07, 6.45) is -0.743. The predicted molar refractivity (Wildman–Crippen MR) is 116 cm³/mol. The second-order valence-corrected chi connectivity index (χ2v) is 9.22. The minimum Gasteiger partial charge on any atom is -0.444 e. The van der Waals surface area contributed by atoms with E-state index < -0.39 is 29.4 Å². The molecule has 1 aromatic rings. The third-order valence-electron chi connectivity index (χ3n) is 3.64. The van der Waals surface area contributed by atoms with Crippen molar-refractivity contribution in [3.8, 4) is 0 Å². The fraction of sp³-hybridized carbons (Fsp3) is 0.636. The van der Waals surface area contributed by atoms with E-state index in [4.69, 9.17) is 19.9 Å². The topological polar surface area (TPSA) is 112 Å². The van der Waals surface area contributed by atoms with Crippen LogP contribution >= 0.6 is 0 Å². The standard InChI is InChI=1S/C22H37N3O5/c1-21(2,3)29-19(26)24-13-18(25-20(27)30-22(4,5)6)12-17(23)15-28-14-16-10-8-7-9-11-16/h7-11,17-18H,12-15,23H2,1-6H3,(H,24,26)(H,25,27). The summed E-state index contributed by atoms with van der Waals surface area (Å²) >= 11 is 0. The third kappa shape index (κ3) is 13.0. The van der Waals surface area contributed by atoms with Gasteiger partial charge in [0.1, 0.15) is 11.2 Å². The monoisotopic (exact) mass is 423 g/mol. The number of rotatable bonds is 9. The molecule has 1 aromatic carbocycles. The van der Waals surface area contributed by atoms with Crippen LogP contribution in [0, 0.1) is 0 Å². The molecule has 2 unspecified atom stereocenters. The Morgan fingerprint density at radius 3 is 2.10 bits per heavy atom. The molecule has 2 amide bonds. The molecule has 4 N–H and O–H groups in total. The number of carbonyl (C=O) groups excluding carboxylic acids is 2. The van der Waals surface area contributed by atoms with Gasteiger partial charge in [0.2, 0.25) is 0 Å². The molecule has 30 heavy (non-hydrogen) atoms. The summed E-state index contributed by atoms with van der Waals surface area (Å²) in [5, 5.41) is 5.43. The van der Waals surface area contributed by atoms with E-state index in [9.17, 15) is 9.59 Å². The molecule has 2 atom stereocenters. The number of alkyl carbamates (subject to hydrolysis) is 2. The van der Waals surface area contributed by atoms with E-state index in [-0.39, 0.29) is 12.6 Å². The van der Waals surface area contributed by atoms with Gasteiger partial charge in [0, 0.05) is 12.6 Å². The van der Waals surface area contributed by atoms with Crippen LogP contribution in [0.1, 0.15) is 53.5 Å². The van der Waals surface area contributed by atoms with Crippen molar-refractivity contribution < 1.29 is 23.8 Å². The number of hydrogen-bond acceptors (Lipinski definition) is 6. The summed E-state index contributed by atoms with van der Waals surface area (Å²) in [6, 6.07) is 9.01. The summed E-state index contributed by atoms with van der Waals surface area (Å²) < 4.78 is 16.2. The molecular formula is C22H37N3O5. The van der Waals surface area contributed by atoms with Gasteiger partial charge < -0.3 is 30.6 Å². The lowest BCUT2D eigenvalue weighted by molar-refractivity contribution is 0.0451. The van der Waals surface area contributed by atoms with E-state index in [2.05, 4.69) is 10.6 Å². The number of nitrogens with two attached hydrogens (primary N) is 1. The fourth-order valence-electron chi connectivity index (χ4n) is 2.52. The van der Waals surface area contributed by atoms with Gasteiger partial charge in [-0.25, -0.2) is 9.59 Å². The first-order valence-corrected chi connectivity index (χ1v) is 10.2. The Morgan fingerprint density at radius 2 is 1.53 bits per heavy atom. The molecule has 8 heteroatoms. The Bertz CT molecular complexity index is 653. The van der Waals surface area contributed by atoms with Crippen LogP contribution < -0.4 is 16.4 Å². The maximum atomic E-state index is 12.2. The molecule has 170 valence electrons. The van der Waals surface area contributed by atoms with Crippen LogP contribution in [0.3, 0.4) is 0 Å². The number of ether oxygens (including phenoxy) is 3. The SMILES string of the molecule is CC(C)(C)OC(=O)NCC(CC(N)COCc1ccccc1)NC(=O)OC(C)(C)C. The summed E-state index contributed by atoms with van der Waals surface area (Å²) in [6.45, 7) is 11.6. The van der Waals surface area contributed by atoms with Crippen molar-refractivity contribution in [2.45, 2.75) is 77.9 Å². The van der Waals surface area contributed by atoms with Gasteiger partial charge in [-0.15, -0.1) is 0 Å². The molecule has 0 fully saturated rings. The zero-order valence-electron chi connectivity index (χ0n) is 19.0. The Balaban J connectivity index is 2.57. The van der Waals surface area contributed by atoms with Gasteiger partial charge in [-0.1, -0.05) is 30.3 Å². The minimum atomic E-state index is -0.631. The summed E-state index contributed by atoms with van der Waals surface area (Å²) in [7, 11) is 0. The van der Waals surface area contributed by atoms with Crippen molar-refractivity contribution in [3.63, 3.8) is 0 Å². The quantitative estimate of drug-likeness (QED) is 0.562. The largest absolute Gasteiger partial charge is 0.444 e. The first kappa shape index (κ1) is 25.7. The zero-order valence-corrected chi connectivity index (χ0v) is 19.0. The van der Waals surface area contributed by atoms with Gasteiger partial charge in [-0.3, -0.25) is 0 Å². The summed E-state index contributed by atoms with van der Waals surface area (Å²) in [5.74, 6) is 0. The van der Waals surface area contributed by atoms with Gasteiger partial charge in [-0.05, 0) is 53.5 Å². The summed E-state index contributed by atoms with van der Waals surface area (Å²) in [4.78, 5) is 24.1. The maximum absolute atomic E-state index is 12.2. The minimum absolute atomic E-state index is 0.153. The zero-order chi connectivity index (χ0) is 22.8. The van der Waals surface area contributed by atoms with Crippen LogP contribution in [0.5, 0.6) is 0 Å². The van der Waals surface area contributed by atoms with E-state index in [0.29, 0.717) is 19.6 Å². The van der Waals surface area contributed by atoms with Crippen molar-refractivity contribution in [1.82, 2.24) is 10.6 Å². The lowest BCUT2D eigenvalue weighted by atomic mass is 10.1. The van der Waals surface area contributed by atoms with Crippen LogP contribution in [0.25, 0.3) is 0 Å². The number of carbonyl (C=O) groups is 2. The Morgan fingerprint density at radius 1 is 0.967 bits per heavy atom. The molecule has 0 aliphatic carbocycles. The van der Waals surface area contributed by atoms with Gasteiger partial charge in [0.05, 0.1) is 19.3 Å². The average Bonchev–Trinajstić information content (AvgIpc) is 2.57. The van der Waals surface area contributed by atoms with E-state index >= 15 is 0 Å². The van der Waals surface area contributed by atoms with Crippen molar-refractivity contribution in [2.24, 2.45) is 5.73 Å². The number of nitrogens with one attached hydrogen (secondary N) is 2. The van der Waals surface area contributed by atoms with E-state index in [0.717, 1.165) is 5.56 Å². The molecule has 0 aromatic heterocycles. The Hall–Kier alpha value is -2.32. The third-order valence-corrected chi connectivity index (χ3v) is 3.64. The van der Waals surface area contributed by atoms with Gasteiger partial charge >= 0.3 is 12.2 Å². The van der Waals surface area contributed by atoms with E-state index in [1.807, 2.05) is 30.3 Å². The highest BCUT2D eigenvalue weighted by molar-refractivity contribution is 5.69. The van der Waals surface area contributed by atoms with Crippen molar-refractivity contribution in [3.05, 3.63) is 35.9 Å². The number of benzene rings is 1. The van der Waals surface area contributed by atoms with Crippen LogP contribution in [-0.4, -0.2) is 48.6 Å². The highest BCUT2D eigenvalue weighted by atomic mass is 16.6. The molecule has 0 spiro atoms. The van der Waals surface area contributed by atoms with Gasteiger partial charge in [0.15, 0.2) is 0 Å².